The van der Waals surface area contributed by atoms with Crippen molar-refractivity contribution in [1.82, 2.24) is 0 Å². The highest BCUT2D eigenvalue weighted by Crippen LogP contribution is 2.44. The first-order valence-electron chi connectivity index (χ1n) is 4.41. The monoisotopic (exact) mass is 282 g/mol. The van der Waals surface area contributed by atoms with Gasteiger partial charge in [-0.15, -0.1) is 0 Å². The van der Waals surface area contributed by atoms with Gasteiger partial charge >= 0.3 is 23.9 Å². The van der Waals surface area contributed by atoms with E-state index in [1.807, 2.05) is 0 Å². The van der Waals surface area contributed by atoms with E-state index >= 15 is 0 Å². The van der Waals surface area contributed by atoms with Crippen LogP contribution in [-0.2, 0) is 23.9 Å². The van der Waals surface area contributed by atoms with E-state index in [-0.39, 0.29) is 0 Å². The highest BCUT2D eigenvalue weighted by Gasteiger charge is 2.66. The second kappa shape index (κ2) is 4.42. The average Bonchev–Trinajstić information content (AvgIpc) is 2.53. The molecule has 4 atom stereocenters. The van der Waals surface area contributed by atoms with Crippen LogP contribution in [0.25, 0.3) is 0 Å². The number of aliphatic carboxylic acids is 4. The van der Waals surface area contributed by atoms with Gasteiger partial charge in [-0.3, -0.25) is 9.59 Å². The van der Waals surface area contributed by atoms with Crippen LogP contribution in [0, 0.1) is 11.8 Å². The molecule has 0 spiro atoms. The van der Waals surface area contributed by atoms with E-state index in [1.54, 1.807) is 0 Å². The Labute approximate surface area is 104 Å². The van der Waals surface area contributed by atoms with Crippen molar-refractivity contribution >= 4 is 35.5 Å². The molecule has 1 rings (SSSR count). The Morgan fingerprint density at radius 2 is 1.44 bits per heavy atom. The number of ether oxygens (including phenoxy) is 1. The van der Waals surface area contributed by atoms with Crippen LogP contribution < -0.4 is 0 Å². The fourth-order valence-corrected chi connectivity index (χ4v) is 2.03. The molecule has 1 heterocycles. The molecule has 0 radical (unpaired) electrons. The van der Waals surface area contributed by atoms with Gasteiger partial charge in [0.1, 0.15) is 11.8 Å². The summed E-state index contributed by atoms with van der Waals surface area (Å²) in [5.74, 6) is -11.8. The molecular weight excluding hydrogens is 276 g/mol. The molecule has 0 aromatic heterocycles. The fraction of sp³-hybridized carbons (Fsp3) is 0.500. The van der Waals surface area contributed by atoms with Crippen LogP contribution in [0.4, 0.5) is 0 Å². The summed E-state index contributed by atoms with van der Waals surface area (Å²) in [5.41, 5.74) is 0. The fourth-order valence-electron chi connectivity index (χ4n) is 1.71. The van der Waals surface area contributed by atoms with E-state index in [0.717, 1.165) is 0 Å². The minimum absolute atomic E-state index is 1.81. The summed E-state index contributed by atoms with van der Waals surface area (Å²) in [6, 6.07) is 0. The SMILES string of the molecule is O=C(O)C1OC(Cl)(C(=O)O)C(C(=O)O)C1C(=O)O. The van der Waals surface area contributed by atoms with E-state index < -0.39 is 46.9 Å². The van der Waals surface area contributed by atoms with E-state index in [1.165, 1.54) is 0 Å². The maximum atomic E-state index is 10.9. The first-order chi connectivity index (χ1) is 8.12. The van der Waals surface area contributed by atoms with Crippen molar-refractivity contribution in [2.75, 3.05) is 0 Å². The van der Waals surface area contributed by atoms with Crippen molar-refractivity contribution in [3.05, 3.63) is 0 Å². The van der Waals surface area contributed by atoms with E-state index in [2.05, 4.69) is 4.74 Å². The van der Waals surface area contributed by atoms with Crippen molar-refractivity contribution < 1.29 is 44.3 Å². The average molecular weight is 283 g/mol. The highest BCUT2D eigenvalue weighted by molar-refractivity contribution is 6.34. The molecule has 0 aromatic rings. The molecule has 1 aliphatic heterocycles. The Morgan fingerprint density at radius 3 is 1.72 bits per heavy atom. The smallest absolute Gasteiger partial charge is 0.352 e. The van der Waals surface area contributed by atoms with Gasteiger partial charge in [0.15, 0.2) is 6.10 Å². The molecule has 0 aliphatic carbocycles. The second-order valence-electron chi connectivity index (χ2n) is 3.51. The molecule has 1 aliphatic rings. The molecule has 100 valence electrons. The normalized spacial score (nSPS) is 35.1. The molecule has 0 aromatic carbocycles. The Hall–Kier alpha value is -1.87. The molecular formula is C8H7ClO9. The van der Waals surface area contributed by atoms with Crippen LogP contribution in [0.5, 0.6) is 0 Å². The van der Waals surface area contributed by atoms with Crippen LogP contribution in [0.3, 0.4) is 0 Å². The third kappa shape index (κ3) is 1.97. The van der Waals surface area contributed by atoms with Gasteiger partial charge in [-0.25, -0.2) is 9.59 Å². The topological polar surface area (TPSA) is 158 Å². The lowest BCUT2D eigenvalue weighted by atomic mass is 9.86. The third-order valence-electron chi connectivity index (χ3n) is 2.47. The number of hydrogen-bond acceptors (Lipinski definition) is 5. The maximum Gasteiger partial charge on any atom is 0.352 e. The minimum atomic E-state index is -2.93. The van der Waals surface area contributed by atoms with E-state index in [4.69, 9.17) is 32.0 Å². The first-order valence-corrected chi connectivity index (χ1v) is 4.79. The van der Waals surface area contributed by atoms with Crippen molar-refractivity contribution in [3.63, 3.8) is 0 Å². The highest BCUT2D eigenvalue weighted by atomic mass is 35.5. The van der Waals surface area contributed by atoms with Gasteiger partial charge in [0.2, 0.25) is 0 Å². The number of alkyl halides is 1. The molecule has 0 bridgehead atoms. The van der Waals surface area contributed by atoms with Gasteiger partial charge < -0.3 is 25.2 Å². The number of carbonyl (C=O) groups is 4. The molecule has 9 nitrogen and oxygen atoms in total. The van der Waals surface area contributed by atoms with Crippen LogP contribution >= 0.6 is 11.6 Å². The number of carboxylic acids is 4. The Kier molecular flexibility index (Phi) is 3.49. The third-order valence-corrected chi connectivity index (χ3v) is 2.96. The predicted octanol–water partition coefficient (Wildman–Crippen LogP) is -1.11. The summed E-state index contributed by atoms with van der Waals surface area (Å²) in [7, 11) is 0. The molecule has 1 fully saturated rings. The summed E-state index contributed by atoms with van der Waals surface area (Å²) >= 11 is 5.41. The first kappa shape index (κ1) is 14.2. The van der Waals surface area contributed by atoms with Gasteiger partial charge in [-0.1, -0.05) is 11.6 Å². The molecule has 1 saturated heterocycles. The van der Waals surface area contributed by atoms with Crippen LogP contribution in [-0.4, -0.2) is 55.5 Å². The molecule has 0 saturated carbocycles. The Morgan fingerprint density at radius 1 is 0.944 bits per heavy atom. The predicted molar refractivity (Wildman–Crippen MR) is 51.0 cm³/mol. The van der Waals surface area contributed by atoms with Crippen molar-refractivity contribution in [1.29, 1.82) is 0 Å². The van der Waals surface area contributed by atoms with Crippen molar-refractivity contribution in [2.45, 2.75) is 11.2 Å². The summed E-state index contributed by atoms with van der Waals surface area (Å²) in [6.45, 7) is 0. The molecule has 4 N–H and O–H groups in total. The van der Waals surface area contributed by atoms with Gasteiger partial charge in [-0.2, -0.15) is 0 Å². The number of carboxylic acid groups (broad SMARTS) is 4. The lowest BCUT2D eigenvalue weighted by Crippen LogP contribution is -2.45. The number of halogens is 1. The van der Waals surface area contributed by atoms with E-state index in [0.29, 0.717) is 0 Å². The molecule has 0 amide bonds. The Balaban J connectivity index is 3.35. The van der Waals surface area contributed by atoms with Gasteiger partial charge in [0, 0.05) is 0 Å². The number of rotatable bonds is 4. The minimum Gasteiger partial charge on any atom is -0.481 e. The standard InChI is InChI=1S/C8H7ClO9/c9-8(7(16)17)2(5(12)13)1(4(10)11)3(18-8)6(14)15/h1-3H,(H,10,11)(H,12,13)(H,14,15)(H,16,17). The number of hydrogen-bond donors (Lipinski definition) is 4. The van der Waals surface area contributed by atoms with Gasteiger partial charge in [0.05, 0.1) is 0 Å². The summed E-state index contributed by atoms with van der Waals surface area (Å²) in [6.07, 6.45) is -2.16. The zero-order valence-corrected chi connectivity index (χ0v) is 9.20. The maximum absolute atomic E-state index is 10.9. The lowest BCUT2D eigenvalue weighted by Gasteiger charge is -2.20. The zero-order valence-electron chi connectivity index (χ0n) is 8.44. The zero-order chi connectivity index (χ0) is 14.2. The quantitative estimate of drug-likeness (QED) is 0.469. The molecule has 18 heavy (non-hydrogen) atoms. The van der Waals surface area contributed by atoms with Gasteiger partial charge in [-0.05, 0) is 0 Å². The Bertz CT molecular complexity index is 432. The van der Waals surface area contributed by atoms with Gasteiger partial charge in [0.25, 0.3) is 5.06 Å². The molecule has 10 heteroatoms. The summed E-state index contributed by atoms with van der Waals surface area (Å²) in [5, 5.41) is 32.2. The van der Waals surface area contributed by atoms with Crippen LogP contribution in [0.1, 0.15) is 0 Å². The summed E-state index contributed by atoms with van der Waals surface area (Å²) < 4.78 is 4.42. The van der Waals surface area contributed by atoms with Crippen molar-refractivity contribution in [3.8, 4) is 0 Å². The van der Waals surface area contributed by atoms with Crippen LogP contribution in [0.15, 0.2) is 0 Å². The van der Waals surface area contributed by atoms with Crippen LogP contribution in [0.2, 0.25) is 0 Å². The molecule has 4 unspecified atom stereocenters. The second-order valence-corrected chi connectivity index (χ2v) is 4.07. The largest absolute Gasteiger partial charge is 0.481 e. The lowest BCUT2D eigenvalue weighted by molar-refractivity contribution is -0.167. The summed E-state index contributed by atoms with van der Waals surface area (Å²) in [4.78, 5) is 43.4. The van der Waals surface area contributed by atoms with E-state index in [9.17, 15) is 19.2 Å². The van der Waals surface area contributed by atoms with Crippen molar-refractivity contribution in [2.24, 2.45) is 11.8 Å².